The minimum atomic E-state index is -0.524. The van der Waals surface area contributed by atoms with Crippen molar-refractivity contribution in [1.29, 1.82) is 0 Å². The van der Waals surface area contributed by atoms with Crippen LogP contribution < -0.4 is 10.6 Å². The molecular formula is C25H27N5O2S. The van der Waals surface area contributed by atoms with Crippen molar-refractivity contribution in [2.75, 3.05) is 19.4 Å². The topological polar surface area (TPSA) is 90.1 Å². The lowest BCUT2D eigenvalue weighted by Gasteiger charge is -2.26. The van der Waals surface area contributed by atoms with Crippen molar-refractivity contribution in [3.8, 4) is 0 Å². The first kappa shape index (κ1) is 22.7. The number of nitrogens with zero attached hydrogens (tertiary/aromatic N) is 2. The number of amides is 2. The summed E-state index contributed by atoms with van der Waals surface area (Å²) in [5.74, 6) is -0.0144. The highest BCUT2D eigenvalue weighted by Crippen LogP contribution is 2.30. The molecule has 0 saturated heterocycles. The van der Waals surface area contributed by atoms with Crippen molar-refractivity contribution < 1.29 is 9.59 Å². The molecule has 2 heterocycles. The number of benzene rings is 2. The van der Waals surface area contributed by atoms with Gasteiger partial charge >= 0.3 is 0 Å². The Morgan fingerprint density at radius 3 is 2.39 bits per heavy atom. The molecule has 0 saturated carbocycles. The van der Waals surface area contributed by atoms with Crippen LogP contribution >= 0.6 is 11.3 Å². The fourth-order valence-corrected chi connectivity index (χ4v) is 4.50. The standard InChI is InChI=1S/C25H27N5O2S/c1-25(2,18-8-6-5-7-9-18)27-23(32)20-14-19-21(28-29-24(19)33-20)26-22(31)17-12-10-16(11-13-17)15-30(3)4/h5-14H,15H2,1-4H3,(H,27,32)(H2,26,28,29,31). The molecule has 0 fully saturated rings. The number of carbonyl (C=O) groups excluding carboxylic acids is 2. The van der Waals surface area contributed by atoms with Gasteiger partial charge in [-0.2, -0.15) is 5.10 Å². The number of hydrogen-bond donors (Lipinski definition) is 3. The molecule has 0 bridgehead atoms. The van der Waals surface area contributed by atoms with Gasteiger partial charge in [0.1, 0.15) is 4.83 Å². The molecule has 3 N–H and O–H groups in total. The molecule has 8 heteroatoms. The van der Waals surface area contributed by atoms with Crippen LogP contribution in [0.15, 0.2) is 60.7 Å². The average molecular weight is 462 g/mol. The van der Waals surface area contributed by atoms with E-state index in [1.54, 1.807) is 18.2 Å². The molecule has 0 radical (unpaired) electrons. The normalized spacial score (nSPS) is 11.7. The SMILES string of the molecule is CN(C)Cc1ccc(C(=O)Nc2n[nH]c3sc(C(=O)NC(C)(C)c4ccccc4)cc23)cc1. The largest absolute Gasteiger partial charge is 0.342 e. The fourth-order valence-electron chi connectivity index (χ4n) is 3.60. The highest BCUT2D eigenvalue weighted by Gasteiger charge is 2.25. The lowest BCUT2D eigenvalue weighted by Crippen LogP contribution is -2.40. The van der Waals surface area contributed by atoms with Crippen LogP contribution in [0.25, 0.3) is 10.2 Å². The first-order valence-electron chi connectivity index (χ1n) is 10.6. The Hall–Kier alpha value is -3.49. The third-order valence-electron chi connectivity index (χ3n) is 5.35. The zero-order valence-corrected chi connectivity index (χ0v) is 19.9. The quantitative estimate of drug-likeness (QED) is 0.375. The van der Waals surface area contributed by atoms with Crippen LogP contribution in [0.4, 0.5) is 5.82 Å². The maximum absolute atomic E-state index is 12.9. The second kappa shape index (κ2) is 9.17. The van der Waals surface area contributed by atoms with E-state index in [4.69, 9.17) is 0 Å². The number of hydrogen-bond acceptors (Lipinski definition) is 5. The summed E-state index contributed by atoms with van der Waals surface area (Å²) in [4.78, 5) is 29.0. The van der Waals surface area contributed by atoms with Gasteiger partial charge in [0.25, 0.3) is 11.8 Å². The van der Waals surface area contributed by atoms with Crippen molar-refractivity contribution in [3.63, 3.8) is 0 Å². The summed E-state index contributed by atoms with van der Waals surface area (Å²) in [5.41, 5.74) is 2.17. The second-order valence-electron chi connectivity index (χ2n) is 8.76. The molecule has 0 atom stereocenters. The molecule has 2 aromatic heterocycles. The van der Waals surface area contributed by atoms with Gasteiger partial charge in [-0.05, 0) is 57.3 Å². The van der Waals surface area contributed by atoms with Crippen molar-refractivity contribution in [2.45, 2.75) is 25.9 Å². The number of carbonyl (C=O) groups is 2. The zero-order valence-electron chi connectivity index (χ0n) is 19.1. The zero-order chi connectivity index (χ0) is 23.6. The van der Waals surface area contributed by atoms with Gasteiger partial charge in [0.05, 0.1) is 15.8 Å². The molecule has 7 nitrogen and oxygen atoms in total. The van der Waals surface area contributed by atoms with Crippen LogP contribution in [0.3, 0.4) is 0 Å². The van der Waals surface area contributed by atoms with Crippen LogP contribution in [0.2, 0.25) is 0 Å². The molecule has 0 aliphatic heterocycles. The Kier molecular flexibility index (Phi) is 6.31. The highest BCUT2D eigenvalue weighted by molar-refractivity contribution is 7.20. The molecule has 2 aromatic carbocycles. The van der Waals surface area contributed by atoms with E-state index in [9.17, 15) is 9.59 Å². The predicted molar refractivity (Wildman–Crippen MR) is 133 cm³/mol. The van der Waals surface area contributed by atoms with Crippen LogP contribution in [0.1, 0.15) is 45.0 Å². The average Bonchev–Trinajstić information content (AvgIpc) is 3.36. The van der Waals surface area contributed by atoms with Gasteiger partial charge in [-0.1, -0.05) is 42.5 Å². The predicted octanol–water partition coefficient (Wildman–Crippen LogP) is 4.60. The first-order chi connectivity index (χ1) is 15.7. The van der Waals surface area contributed by atoms with Gasteiger partial charge in [0.2, 0.25) is 0 Å². The summed E-state index contributed by atoms with van der Waals surface area (Å²) in [6, 6.07) is 19.1. The van der Waals surface area contributed by atoms with Crippen LogP contribution in [-0.4, -0.2) is 41.0 Å². The minimum absolute atomic E-state index is 0.174. The van der Waals surface area contributed by atoms with E-state index in [0.717, 1.165) is 22.5 Å². The van der Waals surface area contributed by atoms with E-state index in [0.29, 0.717) is 21.6 Å². The summed E-state index contributed by atoms with van der Waals surface area (Å²) in [7, 11) is 4.00. The van der Waals surface area contributed by atoms with Crippen molar-refractivity contribution in [1.82, 2.24) is 20.4 Å². The van der Waals surface area contributed by atoms with Gasteiger partial charge in [-0.3, -0.25) is 14.7 Å². The first-order valence-corrected chi connectivity index (χ1v) is 11.5. The Morgan fingerprint density at radius 1 is 1.03 bits per heavy atom. The highest BCUT2D eigenvalue weighted by atomic mass is 32.1. The van der Waals surface area contributed by atoms with Gasteiger partial charge in [-0.25, -0.2) is 0 Å². The number of thiophene rings is 1. The number of anilines is 1. The summed E-state index contributed by atoms with van der Waals surface area (Å²) in [6.07, 6.45) is 0. The van der Waals surface area contributed by atoms with Gasteiger partial charge in [-0.15, -0.1) is 11.3 Å². The van der Waals surface area contributed by atoms with Crippen LogP contribution in [-0.2, 0) is 12.1 Å². The van der Waals surface area contributed by atoms with E-state index >= 15 is 0 Å². The summed E-state index contributed by atoms with van der Waals surface area (Å²) in [6.45, 7) is 4.75. The smallest absolute Gasteiger partial charge is 0.262 e. The number of aromatic amines is 1. The molecule has 170 valence electrons. The van der Waals surface area contributed by atoms with Gasteiger partial charge in [0.15, 0.2) is 5.82 Å². The van der Waals surface area contributed by atoms with Crippen LogP contribution in [0, 0.1) is 0 Å². The third-order valence-corrected chi connectivity index (χ3v) is 6.39. The Balaban J connectivity index is 1.48. The molecule has 4 rings (SSSR count). The lowest BCUT2D eigenvalue weighted by molar-refractivity contribution is 0.0915. The van der Waals surface area contributed by atoms with Crippen molar-refractivity contribution in [2.24, 2.45) is 0 Å². The molecule has 0 unspecified atom stereocenters. The maximum atomic E-state index is 12.9. The third kappa shape index (κ3) is 5.13. The molecule has 4 aromatic rings. The monoisotopic (exact) mass is 461 g/mol. The summed E-state index contributed by atoms with van der Waals surface area (Å²) in [5, 5.41) is 13.8. The Bertz CT molecular complexity index is 1270. The van der Waals surface area contributed by atoms with Crippen LogP contribution in [0.5, 0.6) is 0 Å². The van der Waals surface area contributed by atoms with Gasteiger partial charge in [0, 0.05) is 12.1 Å². The number of rotatable bonds is 7. The van der Waals surface area contributed by atoms with Gasteiger partial charge < -0.3 is 15.5 Å². The van der Waals surface area contributed by atoms with E-state index in [1.165, 1.54) is 11.3 Å². The fraction of sp³-hybridized carbons (Fsp3) is 0.240. The van der Waals surface area contributed by atoms with E-state index < -0.39 is 5.54 Å². The lowest BCUT2D eigenvalue weighted by atomic mass is 9.94. The Morgan fingerprint density at radius 2 is 1.73 bits per heavy atom. The molecule has 2 amide bonds. The number of H-pyrrole nitrogens is 1. The van der Waals surface area contributed by atoms with E-state index in [2.05, 4.69) is 25.7 Å². The minimum Gasteiger partial charge on any atom is -0.342 e. The van der Waals surface area contributed by atoms with Crippen molar-refractivity contribution in [3.05, 3.63) is 82.2 Å². The second-order valence-corrected chi connectivity index (χ2v) is 9.81. The Labute approximate surface area is 196 Å². The number of fused-ring (bicyclic) bond motifs is 1. The molecule has 0 aliphatic rings. The van der Waals surface area contributed by atoms with E-state index in [1.807, 2.05) is 70.4 Å². The van der Waals surface area contributed by atoms with E-state index in [-0.39, 0.29) is 11.8 Å². The summed E-state index contributed by atoms with van der Waals surface area (Å²) >= 11 is 1.31. The maximum Gasteiger partial charge on any atom is 0.262 e. The van der Waals surface area contributed by atoms with Crippen molar-refractivity contribution >= 4 is 39.2 Å². The molecule has 0 aliphatic carbocycles. The molecule has 33 heavy (non-hydrogen) atoms. The number of nitrogens with one attached hydrogen (secondary N) is 3. The molecule has 0 spiro atoms. The summed E-state index contributed by atoms with van der Waals surface area (Å²) < 4.78 is 0. The number of aromatic nitrogens is 2. The molecular weight excluding hydrogens is 434 g/mol.